The van der Waals surface area contributed by atoms with Crippen LogP contribution >= 0.6 is 0 Å². The number of aryl methyl sites for hydroxylation is 2. The Morgan fingerprint density at radius 1 is 1.26 bits per heavy atom. The molecule has 8 heteroatoms. The molecule has 3 aromatic rings. The first-order chi connectivity index (χ1) is 17.6. The number of halogens is 1. The predicted molar refractivity (Wildman–Crippen MR) is 146 cm³/mol. The van der Waals surface area contributed by atoms with Crippen molar-refractivity contribution in [3.63, 3.8) is 0 Å². The number of hydrogen-bond donors (Lipinski definition) is 2. The maximum atomic E-state index is 15.5. The number of nitrogens with zero attached hydrogens (tertiary/aromatic N) is 2. The number of ether oxygens (including phenoxy) is 2. The van der Waals surface area contributed by atoms with Gasteiger partial charge in [0.2, 0.25) is 0 Å². The van der Waals surface area contributed by atoms with Crippen LogP contribution in [0.3, 0.4) is 0 Å². The quantitative estimate of drug-likeness (QED) is 0.449. The van der Waals surface area contributed by atoms with E-state index in [4.69, 9.17) is 20.2 Å². The van der Waals surface area contributed by atoms with Crippen molar-refractivity contribution < 1.29 is 23.8 Å². The number of rotatable bonds is 4. The Morgan fingerprint density at radius 2 is 1.95 bits per heavy atom. The highest BCUT2D eigenvalue weighted by Crippen LogP contribution is 2.44. The molecule has 202 valence electrons. The molecule has 1 atom stereocenters. The second kappa shape index (κ2) is 9.72. The molecular weight excluding hydrogens is 485 g/mol. The second-order valence-corrected chi connectivity index (χ2v) is 11.5. The molecule has 0 unspecified atom stereocenters. The van der Waals surface area contributed by atoms with Crippen LogP contribution in [0.25, 0.3) is 22.2 Å². The van der Waals surface area contributed by atoms with Gasteiger partial charge in [-0.25, -0.2) is 14.2 Å². The van der Waals surface area contributed by atoms with E-state index < -0.39 is 29.0 Å². The fraction of sp³-hybridized carbons (Fsp3) is 0.467. The molecule has 2 aromatic heterocycles. The lowest BCUT2D eigenvalue weighted by Gasteiger charge is -2.29. The number of aromatic nitrogens is 2. The predicted octanol–water partition coefficient (Wildman–Crippen LogP) is 5.35. The number of carboxylic acid groups (broad SMARTS) is 1. The summed E-state index contributed by atoms with van der Waals surface area (Å²) in [4.78, 5) is 17.4. The van der Waals surface area contributed by atoms with Gasteiger partial charge in [-0.3, -0.25) is 0 Å². The second-order valence-electron chi connectivity index (χ2n) is 11.5. The fourth-order valence-corrected chi connectivity index (χ4v) is 4.92. The smallest absolute Gasteiger partial charge is 0.337 e. The van der Waals surface area contributed by atoms with Crippen molar-refractivity contribution in [2.24, 2.45) is 12.8 Å². The van der Waals surface area contributed by atoms with E-state index in [0.29, 0.717) is 52.1 Å². The van der Waals surface area contributed by atoms with E-state index in [0.717, 1.165) is 17.5 Å². The number of aliphatic carboxylic acids is 1. The van der Waals surface area contributed by atoms with Crippen LogP contribution in [0.15, 0.2) is 12.1 Å². The Kier molecular flexibility index (Phi) is 7.06. The van der Waals surface area contributed by atoms with Gasteiger partial charge in [-0.1, -0.05) is 5.92 Å². The van der Waals surface area contributed by atoms with E-state index in [1.807, 2.05) is 38.5 Å². The monoisotopic (exact) mass is 521 g/mol. The van der Waals surface area contributed by atoms with Crippen LogP contribution in [-0.4, -0.2) is 38.4 Å². The molecule has 7 nitrogen and oxygen atoms in total. The van der Waals surface area contributed by atoms with Gasteiger partial charge in [0.05, 0.1) is 23.4 Å². The van der Waals surface area contributed by atoms with Crippen molar-refractivity contribution in [2.75, 3.05) is 6.61 Å². The molecule has 0 aliphatic carbocycles. The lowest BCUT2D eigenvalue weighted by Crippen LogP contribution is -2.29. The molecule has 0 fully saturated rings. The highest BCUT2D eigenvalue weighted by atomic mass is 19.1. The van der Waals surface area contributed by atoms with Crippen LogP contribution in [0.5, 0.6) is 5.75 Å². The Labute approximate surface area is 223 Å². The zero-order valence-electron chi connectivity index (χ0n) is 23.4. The number of fused-ring (bicyclic) bond motifs is 2. The standard InChI is InChI=1S/C30H36FN3O4/c1-16-19-10-9-13-37-25(19)22(31)15-20(16)24-21-14-18(11-12-30(6,7)32)34(8)27(21)33-17(2)23(24)26(28(35)36)38-29(3,4)5/h14-15,26H,9-10,13,32H2,1-8H3,(H,35,36)/t26-/m0/s1. The third-order valence-corrected chi connectivity index (χ3v) is 6.58. The molecule has 0 bridgehead atoms. The van der Waals surface area contributed by atoms with E-state index in [1.54, 1.807) is 27.7 Å². The van der Waals surface area contributed by atoms with Gasteiger partial charge in [0.25, 0.3) is 0 Å². The van der Waals surface area contributed by atoms with Crippen molar-refractivity contribution in [1.29, 1.82) is 0 Å². The summed E-state index contributed by atoms with van der Waals surface area (Å²) in [6.07, 6.45) is 0.125. The lowest BCUT2D eigenvalue weighted by atomic mass is 9.86. The van der Waals surface area contributed by atoms with Crippen LogP contribution in [0.4, 0.5) is 4.39 Å². The summed E-state index contributed by atoms with van der Waals surface area (Å²) in [5.74, 6) is 4.83. The first kappa shape index (κ1) is 27.6. The number of benzene rings is 1. The van der Waals surface area contributed by atoms with Crippen molar-refractivity contribution in [3.8, 4) is 28.7 Å². The molecule has 0 radical (unpaired) electrons. The molecule has 1 aliphatic rings. The first-order valence-corrected chi connectivity index (χ1v) is 12.8. The molecule has 0 amide bonds. The molecule has 0 saturated carbocycles. The van der Waals surface area contributed by atoms with Gasteiger partial charge in [-0.2, -0.15) is 0 Å². The van der Waals surface area contributed by atoms with E-state index in [2.05, 4.69) is 11.8 Å². The zero-order chi connectivity index (χ0) is 28.2. The van der Waals surface area contributed by atoms with Gasteiger partial charge < -0.3 is 24.9 Å². The Balaban J connectivity index is 2.14. The summed E-state index contributed by atoms with van der Waals surface area (Å²) in [7, 11) is 1.85. The Morgan fingerprint density at radius 3 is 2.55 bits per heavy atom. The van der Waals surface area contributed by atoms with Crippen LogP contribution < -0.4 is 10.5 Å². The Hall–Kier alpha value is -3.41. The van der Waals surface area contributed by atoms with Crippen molar-refractivity contribution in [3.05, 3.63) is 46.0 Å². The lowest BCUT2D eigenvalue weighted by molar-refractivity contribution is -0.160. The molecule has 0 spiro atoms. The molecule has 4 rings (SSSR count). The third kappa shape index (κ3) is 5.27. The molecule has 3 heterocycles. The van der Waals surface area contributed by atoms with Crippen LogP contribution in [0.1, 0.15) is 75.2 Å². The summed E-state index contributed by atoms with van der Waals surface area (Å²) < 4.78 is 29.1. The highest BCUT2D eigenvalue weighted by Gasteiger charge is 2.34. The van der Waals surface area contributed by atoms with Gasteiger partial charge in [0.15, 0.2) is 17.7 Å². The van der Waals surface area contributed by atoms with Gasteiger partial charge in [-0.15, -0.1) is 0 Å². The molecule has 1 aromatic carbocycles. The summed E-state index contributed by atoms with van der Waals surface area (Å²) in [6, 6.07) is 3.30. The summed E-state index contributed by atoms with van der Waals surface area (Å²) in [6.45, 7) is 13.2. The van der Waals surface area contributed by atoms with Crippen molar-refractivity contribution in [1.82, 2.24) is 9.55 Å². The summed E-state index contributed by atoms with van der Waals surface area (Å²) >= 11 is 0. The minimum atomic E-state index is -1.32. The topological polar surface area (TPSA) is 99.6 Å². The number of carboxylic acids is 1. The van der Waals surface area contributed by atoms with Crippen LogP contribution in [0, 0.1) is 31.5 Å². The maximum Gasteiger partial charge on any atom is 0.337 e. The summed E-state index contributed by atoms with van der Waals surface area (Å²) in [5, 5.41) is 11.0. The van der Waals surface area contributed by atoms with Gasteiger partial charge in [0.1, 0.15) is 5.65 Å². The van der Waals surface area contributed by atoms with Gasteiger partial charge >= 0.3 is 5.97 Å². The number of hydrogen-bond acceptors (Lipinski definition) is 5. The van der Waals surface area contributed by atoms with Crippen LogP contribution in [-0.2, 0) is 23.0 Å². The zero-order valence-corrected chi connectivity index (χ0v) is 23.4. The van der Waals surface area contributed by atoms with E-state index in [1.165, 1.54) is 6.07 Å². The highest BCUT2D eigenvalue weighted by molar-refractivity contribution is 5.99. The average molecular weight is 522 g/mol. The number of carbonyl (C=O) groups is 1. The van der Waals surface area contributed by atoms with Crippen molar-refractivity contribution >= 4 is 17.0 Å². The van der Waals surface area contributed by atoms with Gasteiger partial charge in [0, 0.05) is 34.8 Å². The van der Waals surface area contributed by atoms with Gasteiger partial charge in [-0.05, 0) is 90.5 Å². The van der Waals surface area contributed by atoms with E-state index in [9.17, 15) is 9.90 Å². The molecule has 38 heavy (non-hydrogen) atoms. The molecule has 1 aliphatic heterocycles. The normalized spacial score (nSPS) is 14.5. The SMILES string of the molecule is Cc1nc2c(cc(C#CC(C)(C)N)n2C)c(-c2cc(F)c3c(c2C)CCCO3)c1[C@H](OC(C)(C)C)C(=O)O. The van der Waals surface area contributed by atoms with Crippen LogP contribution in [0.2, 0.25) is 0 Å². The number of nitrogens with two attached hydrogens (primary N) is 1. The molecular formula is C30H36FN3O4. The van der Waals surface area contributed by atoms with E-state index >= 15 is 4.39 Å². The van der Waals surface area contributed by atoms with E-state index in [-0.39, 0.29) is 5.75 Å². The Bertz CT molecular complexity index is 1500. The van der Waals surface area contributed by atoms with Crippen molar-refractivity contribution in [2.45, 2.75) is 78.6 Å². The molecule has 3 N–H and O–H groups in total. The fourth-order valence-electron chi connectivity index (χ4n) is 4.92. The first-order valence-electron chi connectivity index (χ1n) is 12.8. The third-order valence-electron chi connectivity index (χ3n) is 6.58. The largest absolute Gasteiger partial charge is 0.490 e. The summed E-state index contributed by atoms with van der Waals surface area (Å²) in [5.41, 5.74) is 9.57. The molecule has 0 saturated heterocycles. The maximum absolute atomic E-state index is 15.5. The minimum Gasteiger partial charge on any atom is -0.490 e. The minimum absolute atomic E-state index is 0.270. The average Bonchev–Trinajstić information content (AvgIpc) is 3.12. The number of pyridine rings is 1.